The van der Waals surface area contributed by atoms with Gasteiger partial charge in [-0.2, -0.15) is 0 Å². The van der Waals surface area contributed by atoms with Gasteiger partial charge in [-0.1, -0.05) is 45.9 Å². The van der Waals surface area contributed by atoms with Gasteiger partial charge in [0, 0.05) is 23.7 Å². The number of carbonyl (C=O) groups is 1. The van der Waals surface area contributed by atoms with Gasteiger partial charge in [-0.15, -0.1) is 0 Å². The molecule has 32 heavy (non-hydrogen) atoms. The van der Waals surface area contributed by atoms with Crippen LogP contribution in [0.15, 0.2) is 47.1 Å². The number of ether oxygens (including phenoxy) is 1. The SMILES string of the molecule is C[C@H]1c2ccoc2C[C@H]2[C@H]1[C@@H](O)C[C@@]1(O)C(C)(C)[C@@H](OC(=O)c3ccccc3)CC[C@]21C. The minimum Gasteiger partial charge on any atom is -0.469 e. The summed E-state index contributed by atoms with van der Waals surface area (Å²) in [7, 11) is 0. The van der Waals surface area contributed by atoms with Crippen molar-refractivity contribution in [2.75, 3.05) is 0 Å². The molecule has 0 amide bonds. The first kappa shape index (κ1) is 21.7. The summed E-state index contributed by atoms with van der Waals surface area (Å²) in [6.45, 7) is 8.32. The molecule has 5 heteroatoms. The molecule has 7 atom stereocenters. The van der Waals surface area contributed by atoms with E-state index < -0.39 is 28.6 Å². The molecule has 2 saturated carbocycles. The maximum Gasteiger partial charge on any atom is 0.338 e. The van der Waals surface area contributed by atoms with Gasteiger partial charge in [-0.3, -0.25) is 0 Å². The fourth-order valence-electron chi connectivity index (χ4n) is 7.47. The molecule has 5 rings (SSSR count). The molecule has 1 heterocycles. The molecule has 3 aliphatic carbocycles. The third-order valence-corrected chi connectivity index (χ3v) is 9.49. The Labute approximate surface area is 189 Å². The molecule has 3 aliphatic rings. The van der Waals surface area contributed by atoms with Crippen molar-refractivity contribution in [3.8, 4) is 0 Å². The summed E-state index contributed by atoms with van der Waals surface area (Å²) in [5.41, 5.74) is -0.620. The Balaban J connectivity index is 1.49. The first-order valence-corrected chi connectivity index (χ1v) is 11.8. The average Bonchev–Trinajstić information content (AvgIpc) is 3.23. The van der Waals surface area contributed by atoms with E-state index in [-0.39, 0.29) is 30.1 Å². The van der Waals surface area contributed by atoms with Crippen molar-refractivity contribution in [1.82, 2.24) is 0 Å². The van der Waals surface area contributed by atoms with Crippen molar-refractivity contribution in [1.29, 1.82) is 0 Å². The highest BCUT2D eigenvalue weighted by molar-refractivity contribution is 5.89. The van der Waals surface area contributed by atoms with Gasteiger partial charge in [0.1, 0.15) is 11.9 Å². The number of fused-ring (bicyclic) bond motifs is 4. The summed E-state index contributed by atoms with van der Waals surface area (Å²) >= 11 is 0. The second-order valence-corrected chi connectivity index (χ2v) is 11.0. The number of carbonyl (C=O) groups excluding carboxylic acids is 1. The quantitative estimate of drug-likeness (QED) is 0.663. The molecule has 0 bridgehead atoms. The van der Waals surface area contributed by atoms with E-state index >= 15 is 0 Å². The monoisotopic (exact) mass is 438 g/mol. The number of aliphatic hydroxyl groups excluding tert-OH is 1. The smallest absolute Gasteiger partial charge is 0.338 e. The average molecular weight is 439 g/mol. The summed E-state index contributed by atoms with van der Waals surface area (Å²) in [6.07, 6.45) is 3.10. The first-order valence-electron chi connectivity index (χ1n) is 11.8. The van der Waals surface area contributed by atoms with Crippen molar-refractivity contribution < 1.29 is 24.2 Å². The van der Waals surface area contributed by atoms with Crippen LogP contribution in [-0.2, 0) is 11.2 Å². The van der Waals surface area contributed by atoms with Crippen molar-refractivity contribution in [2.45, 2.75) is 77.1 Å². The van der Waals surface area contributed by atoms with Crippen molar-refractivity contribution in [2.24, 2.45) is 22.7 Å². The van der Waals surface area contributed by atoms with Gasteiger partial charge in [-0.05, 0) is 54.4 Å². The number of furan rings is 1. The summed E-state index contributed by atoms with van der Waals surface area (Å²) in [6, 6.07) is 11.0. The topological polar surface area (TPSA) is 79.9 Å². The molecule has 1 aromatic carbocycles. The molecule has 0 radical (unpaired) electrons. The van der Waals surface area contributed by atoms with Crippen LogP contribution in [0.4, 0.5) is 0 Å². The van der Waals surface area contributed by atoms with Crippen LogP contribution in [0.3, 0.4) is 0 Å². The van der Waals surface area contributed by atoms with Gasteiger partial charge in [0.25, 0.3) is 0 Å². The van der Waals surface area contributed by atoms with E-state index in [1.165, 1.54) is 5.56 Å². The molecule has 0 unspecified atom stereocenters. The number of rotatable bonds is 2. The molecule has 5 nitrogen and oxygen atoms in total. The molecule has 2 fully saturated rings. The fourth-order valence-corrected chi connectivity index (χ4v) is 7.47. The minimum absolute atomic E-state index is 0.0737. The number of esters is 1. The Kier molecular flexibility index (Phi) is 4.88. The lowest BCUT2D eigenvalue weighted by Gasteiger charge is -2.67. The molecule has 0 saturated heterocycles. The predicted molar refractivity (Wildman–Crippen MR) is 120 cm³/mol. The maximum absolute atomic E-state index is 12.8. The van der Waals surface area contributed by atoms with Crippen LogP contribution >= 0.6 is 0 Å². The van der Waals surface area contributed by atoms with E-state index in [1.54, 1.807) is 18.4 Å². The van der Waals surface area contributed by atoms with Gasteiger partial charge in [-0.25, -0.2) is 4.79 Å². The maximum atomic E-state index is 12.8. The van der Waals surface area contributed by atoms with Crippen molar-refractivity contribution >= 4 is 5.97 Å². The summed E-state index contributed by atoms with van der Waals surface area (Å²) < 4.78 is 11.8. The Morgan fingerprint density at radius 3 is 2.59 bits per heavy atom. The van der Waals surface area contributed by atoms with E-state index in [1.807, 2.05) is 38.1 Å². The Bertz CT molecular complexity index is 1010. The first-order chi connectivity index (χ1) is 15.1. The van der Waals surface area contributed by atoms with Gasteiger partial charge in [0.05, 0.1) is 23.5 Å². The summed E-state index contributed by atoms with van der Waals surface area (Å²) in [5.74, 6) is 0.957. The molecule has 2 aromatic rings. The lowest BCUT2D eigenvalue weighted by atomic mass is 9.40. The number of aliphatic hydroxyl groups is 2. The zero-order valence-electron chi connectivity index (χ0n) is 19.4. The van der Waals surface area contributed by atoms with E-state index in [9.17, 15) is 15.0 Å². The van der Waals surface area contributed by atoms with E-state index in [4.69, 9.17) is 9.15 Å². The molecule has 0 spiro atoms. The van der Waals surface area contributed by atoms with E-state index in [2.05, 4.69) is 13.8 Å². The van der Waals surface area contributed by atoms with Gasteiger partial charge in [0.15, 0.2) is 0 Å². The zero-order valence-corrected chi connectivity index (χ0v) is 19.4. The van der Waals surface area contributed by atoms with E-state index in [0.29, 0.717) is 12.0 Å². The van der Waals surface area contributed by atoms with Crippen LogP contribution < -0.4 is 0 Å². The van der Waals surface area contributed by atoms with Gasteiger partial charge in [0.2, 0.25) is 0 Å². The normalized spacial score (nSPS) is 40.0. The highest BCUT2D eigenvalue weighted by Crippen LogP contribution is 2.67. The van der Waals surface area contributed by atoms with Gasteiger partial charge >= 0.3 is 5.97 Å². The van der Waals surface area contributed by atoms with Crippen LogP contribution in [0.1, 0.15) is 74.6 Å². The van der Waals surface area contributed by atoms with Crippen LogP contribution in [0.2, 0.25) is 0 Å². The standard InChI is InChI=1S/C27H34O5/c1-16-18-11-13-31-21(18)14-19-23(16)20(28)15-27(30)25(2,3)22(10-12-26(19,27)4)32-24(29)17-8-6-5-7-9-17/h5-9,11,13,16,19-20,22-23,28,30H,10,12,14-15H2,1-4H3/t16-,19-,20-,22-,23-,26+,27+/m0/s1. The molecular formula is C27H34O5. The fraction of sp³-hybridized carbons (Fsp3) is 0.593. The Hall–Kier alpha value is -2.11. The van der Waals surface area contributed by atoms with Crippen LogP contribution in [0.5, 0.6) is 0 Å². The highest BCUT2D eigenvalue weighted by Gasteiger charge is 2.70. The minimum atomic E-state index is -1.18. The summed E-state index contributed by atoms with van der Waals surface area (Å²) in [5, 5.41) is 23.7. The third kappa shape index (κ3) is 2.80. The number of hydrogen-bond acceptors (Lipinski definition) is 5. The molecule has 1 aromatic heterocycles. The molecular weight excluding hydrogens is 404 g/mol. The molecule has 0 aliphatic heterocycles. The zero-order chi connectivity index (χ0) is 22.9. The largest absolute Gasteiger partial charge is 0.469 e. The second kappa shape index (κ2) is 7.19. The third-order valence-electron chi connectivity index (χ3n) is 9.49. The number of benzene rings is 1. The molecule has 2 N–H and O–H groups in total. The highest BCUT2D eigenvalue weighted by atomic mass is 16.5. The van der Waals surface area contributed by atoms with E-state index in [0.717, 1.165) is 18.6 Å². The predicted octanol–water partition coefficient (Wildman–Crippen LogP) is 4.72. The lowest BCUT2D eigenvalue weighted by molar-refractivity contribution is -0.286. The van der Waals surface area contributed by atoms with Gasteiger partial charge < -0.3 is 19.4 Å². The van der Waals surface area contributed by atoms with Crippen LogP contribution in [0.25, 0.3) is 0 Å². The van der Waals surface area contributed by atoms with Crippen LogP contribution in [-0.4, -0.2) is 34.0 Å². The van der Waals surface area contributed by atoms with Crippen molar-refractivity contribution in [3.63, 3.8) is 0 Å². The Morgan fingerprint density at radius 1 is 1.16 bits per heavy atom. The second-order valence-electron chi connectivity index (χ2n) is 11.0. The van der Waals surface area contributed by atoms with Crippen LogP contribution in [0, 0.1) is 22.7 Å². The lowest BCUT2D eigenvalue weighted by Crippen LogP contribution is -2.72. The number of hydrogen-bond donors (Lipinski definition) is 2. The Morgan fingerprint density at radius 2 is 1.88 bits per heavy atom. The summed E-state index contributed by atoms with van der Waals surface area (Å²) in [4.78, 5) is 12.8. The van der Waals surface area contributed by atoms with Crippen molar-refractivity contribution in [3.05, 3.63) is 59.5 Å². The molecule has 172 valence electrons.